The lowest BCUT2D eigenvalue weighted by Crippen LogP contribution is -2.08. The van der Waals surface area contributed by atoms with Crippen molar-refractivity contribution in [2.24, 2.45) is 0 Å². The van der Waals surface area contributed by atoms with Crippen molar-refractivity contribution in [1.82, 2.24) is 30.5 Å². The lowest BCUT2D eigenvalue weighted by molar-refractivity contribution is 0.396. The third kappa shape index (κ3) is 5.50. The highest BCUT2D eigenvalue weighted by atomic mass is 16.5. The molecule has 34 heavy (non-hydrogen) atoms. The van der Waals surface area contributed by atoms with Gasteiger partial charge in [0, 0.05) is 35.8 Å². The number of hydrogen-bond donors (Lipinski definition) is 3. The van der Waals surface area contributed by atoms with E-state index in [4.69, 9.17) is 10.1 Å². The molecule has 0 saturated heterocycles. The average molecular weight is 455 g/mol. The third-order valence-electron chi connectivity index (χ3n) is 5.16. The number of nitrogens with one attached hydrogen (secondary N) is 3. The van der Waals surface area contributed by atoms with Crippen molar-refractivity contribution >= 4 is 34.5 Å². The molecule has 0 fully saturated rings. The smallest absolute Gasteiger partial charge is 0.213 e. The maximum Gasteiger partial charge on any atom is 0.213 e. The van der Waals surface area contributed by atoms with E-state index in [2.05, 4.69) is 49.6 Å². The van der Waals surface area contributed by atoms with E-state index >= 15 is 0 Å². The molecule has 9 nitrogen and oxygen atoms in total. The lowest BCUT2D eigenvalue weighted by Gasteiger charge is -2.09. The molecule has 0 aromatic carbocycles. The maximum absolute atomic E-state index is 7.85. The number of aromatic nitrogens is 5. The molecule has 4 aromatic rings. The van der Waals surface area contributed by atoms with Crippen LogP contribution in [0.4, 0.5) is 11.6 Å². The summed E-state index contributed by atoms with van der Waals surface area (Å²) in [4.78, 5) is 13.6. The number of hydrogen-bond acceptors (Lipinski definition) is 9. The number of rotatable bonds is 9. The Kier molecular flexibility index (Phi) is 7.02. The Morgan fingerprint density at radius 3 is 2.74 bits per heavy atom. The number of anilines is 2. The molecule has 0 unspecified atom stereocenters. The number of allylic oxidation sites excluding steroid dienone is 1. The molecular formula is C25H26N8O. The Morgan fingerprint density at radius 2 is 1.94 bits per heavy atom. The standard InChI is InChI=1S/C25H26N8O/c1-16(2)17-10-24(33-29-14-17)32-23-8-7-21-22(31-23)9-18(13-28-21)19(11-26)12-27-15-20-5-4-6-25(30-20)34-3/h4-14,16,26-27H,15H2,1-3H3,(H,31,32,33)/b19-12+,26-11?. The Morgan fingerprint density at radius 1 is 1.06 bits per heavy atom. The van der Waals surface area contributed by atoms with Gasteiger partial charge in [0.2, 0.25) is 5.88 Å². The summed E-state index contributed by atoms with van der Waals surface area (Å²) in [5.74, 6) is 2.19. The molecule has 0 bridgehead atoms. The van der Waals surface area contributed by atoms with Crippen LogP contribution in [0.2, 0.25) is 0 Å². The first-order valence-electron chi connectivity index (χ1n) is 10.9. The molecule has 172 valence electrons. The number of pyridine rings is 3. The normalized spacial score (nSPS) is 11.5. The molecule has 0 aliphatic carbocycles. The van der Waals surface area contributed by atoms with Crippen molar-refractivity contribution in [2.45, 2.75) is 26.3 Å². The molecule has 9 heteroatoms. The second-order valence-corrected chi connectivity index (χ2v) is 7.91. The quantitative estimate of drug-likeness (QED) is 0.317. The highest BCUT2D eigenvalue weighted by molar-refractivity contribution is 6.08. The number of ether oxygens (including phenoxy) is 1. The highest BCUT2D eigenvalue weighted by Gasteiger charge is 2.07. The second-order valence-electron chi connectivity index (χ2n) is 7.91. The highest BCUT2D eigenvalue weighted by Crippen LogP contribution is 2.21. The maximum atomic E-state index is 7.85. The van der Waals surface area contributed by atoms with Gasteiger partial charge in [-0.1, -0.05) is 19.9 Å². The van der Waals surface area contributed by atoms with E-state index in [1.165, 1.54) is 6.21 Å². The molecule has 0 aliphatic rings. The Labute approximate surface area is 197 Å². The van der Waals surface area contributed by atoms with Crippen LogP contribution >= 0.6 is 0 Å². The summed E-state index contributed by atoms with van der Waals surface area (Å²) in [6.07, 6.45) is 6.55. The summed E-state index contributed by atoms with van der Waals surface area (Å²) in [7, 11) is 1.59. The Bertz CT molecular complexity index is 1340. The largest absolute Gasteiger partial charge is 0.481 e. The van der Waals surface area contributed by atoms with E-state index in [0.717, 1.165) is 22.3 Å². The fourth-order valence-corrected chi connectivity index (χ4v) is 3.27. The van der Waals surface area contributed by atoms with E-state index < -0.39 is 0 Å². The molecular weight excluding hydrogens is 428 g/mol. The van der Waals surface area contributed by atoms with Crippen molar-refractivity contribution < 1.29 is 4.74 Å². The molecule has 4 heterocycles. The van der Waals surface area contributed by atoms with Crippen molar-refractivity contribution in [2.75, 3.05) is 12.4 Å². The number of methoxy groups -OCH3 is 1. The molecule has 0 aliphatic heterocycles. The van der Waals surface area contributed by atoms with Crippen molar-refractivity contribution in [1.29, 1.82) is 5.41 Å². The molecule has 0 radical (unpaired) electrons. The van der Waals surface area contributed by atoms with Gasteiger partial charge >= 0.3 is 0 Å². The van der Waals surface area contributed by atoms with Crippen LogP contribution in [-0.2, 0) is 6.54 Å². The van der Waals surface area contributed by atoms with Crippen LogP contribution in [0.25, 0.3) is 16.6 Å². The second kappa shape index (κ2) is 10.5. The summed E-state index contributed by atoms with van der Waals surface area (Å²) in [6.45, 7) is 4.72. The summed E-state index contributed by atoms with van der Waals surface area (Å²) >= 11 is 0. The predicted molar refractivity (Wildman–Crippen MR) is 133 cm³/mol. The van der Waals surface area contributed by atoms with Gasteiger partial charge in [0.1, 0.15) is 5.82 Å². The summed E-state index contributed by atoms with van der Waals surface area (Å²) < 4.78 is 5.16. The minimum atomic E-state index is 0.354. The topological polar surface area (TPSA) is 122 Å². The molecule has 4 rings (SSSR count). The van der Waals surface area contributed by atoms with Gasteiger partial charge in [0.25, 0.3) is 0 Å². The monoisotopic (exact) mass is 454 g/mol. The van der Waals surface area contributed by atoms with Crippen molar-refractivity contribution in [3.63, 3.8) is 0 Å². The van der Waals surface area contributed by atoms with Crippen LogP contribution in [-0.4, -0.2) is 38.5 Å². The zero-order chi connectivity index (χ0) is 23.9. The van der Waals surface area contributed by atoms with Crippen LogP contribution < -0.4 is 15.4 Å². The zero-order valence-corrected chi connectivity index (χ0v) is 19.3. The lowest BCUT2D eigenvalue weighted by atomic mass is 10.1. The summed E-state index contributed by atoms with van der Waals surface area (Å²) in [6, 6.07) is 13.2. The average Bonchev–Trinajstić information content (AvgIpc) is 2.86. The molecule has 0 atom stereocenters. The van der Waals surface area contributed by atoms with Crippen molar-refractivity contribution in [3.8, 4) is 5.88 Å². The van der Waals surface area contributed by atoms with Crippen molar-refractivity contribution in [3.05, 3.63) is 77.9 Å². The van der Waals surface area contributed by atoms with Gasteiger partial charge in [0.05, 0.1) is 36.6 Å². The van der Waals surface area contributed by atoms with E-state index in [1.54, 1.807) is 31.8 Å². The summed E-state index contributed by atoms with van der Waals surface area (Å²) in [5, 5.41) is 22.5. The minimum Gasteiger partial charge on any atom is -0.481 e. The molecule has 0 spiro atoms. The van der Waals surface area contributed by atoms with Crippen LogP contribution in [0, 0.1) is 5.41 Å². The third-order valence-corrected chi connectivity index (χ3v) is 5.16. The van der Waals surface area contributed by atoms with Gasteiger partial charge in [-0.05, 0) is 41.8 Å². The van der Waals surface area contributed by atoms with E-state index in [1.807, 2.05) is 36.4 Å². The first-order chi connectivity index (χ1) is 16.6. The van der Waals surface area contributed by atoms with E-state index in [9.17, 15) is 0 Å². The van der Waals surface area contributed by atoms with Crippen LogP contribution in [0.1, 0.15) is 36.6 Å². The summed E-state index contributed by atoms with van der Waals surface area (Å²) in [5.41, 5.74) is 4.85. The van der Waals surface area contributed by atoms with Gasteiger partial charge in [-0.25, -0.2) is 9.97 Å². The Balaban J connectivity index is 1.53. The van der Waals surface area contributed by atoms with E-state index in [0.29, 0.717) is 41.1 Å². The predicted octanol–water partition coefficient (Wildman–Crippen LogP) is 4.47. The SMILES string of the molecule is COc1cccc(CN/C=C(\C=N)c2cnc3ccc(Nc4cc(C(C)C)cnn4)nc3c2)n1. The fourth-order valence-electron chi connectivity index (χ4n) is 3.27. The molecule has 3 N–H and O–H groups in total. The Hall–Kier alpha value is -4.40. The van der Waals surface area contributed by atoms with Crippen LogP contribution in [0.15, 0.2) is 61.1 Å². The minimum absolute atomic E-state index is 0.354. The van der Waals surface area contributed by atoms with E-state index in [-0.39, 0.29) is 0 Å². The first kappa shape index (κ1) is 22.8. The van der Waals surface area contributed by atoms with Gasteiger partial charge < -0.3 is 20.8 Å². The molecule has 0 amide bonds. The van der Waals surface area contributed by atoms with Gasteiger partial charge in [0.15, 0.2) is 5.82 Å². The number of nitrogens with zero attached hydrogens (tertiary/aromatic N) is 5. The van der Waals surface area contributed by atoms with Gasteiger partial charge in [-0.15, -0.1) is 5.10 Å². The van der Waals surface area contributed by atoms with Crippen LogP contribution in [0.3, 0.4) is 0 Å². The molecule has 0 saturated carbocycles. The fraction of sp³-hybridized carbons (Fsp3) is 0.200. The first-order valence-corrected chi connectivity index (χ1v) is 10.9. The number of fused-ring (bicyclic) bond motifs is 1. The zero-order valence-electron chi connectivity index (χ0n) is 19.3. The van der Waals surface area contributed by atoms with Gasteiger partial charge in [-0.3, -0.25) is 4.98 Å². The van der Waals surface area contributed by atoms with Gasteiger partial charge in [-0.2, -0.15) is 5.10 Å². The van der Waals surface area contributed by atoms with Crippen LogP contribution in [0.5, 0.6) is 5.88 Å². The molecule has 4 aromatic heterocycles.